The maximum atomic E-state index is 12.3. The van der Waals surface area contributed by atoms with Gasteiger partial charge in [0.1, 0.15) is 0 Å². The van der Waals surface area contributed by atoms with Gasteiger partial charge in [-0.25, -0.2) is 0 Å². The molecule has 3 aromatic rings. The molecular weight excluding hydrogens is 310 g/mol. The average molecular weight is 325 g/mol. The highest BCUT2D eigenvalue weighted by molar-refractivity contribution is 7.13. The number of methoxy groups -OCH3 is 1. The molecule has 0 unspecified atom stereocenters. The first-order chi connectivity index (χ1) is 11.2. The Labute approximate surface area is 138 Å². The van der Waals surface area contributed by atoms with Crippen LogP contribution in [0.1, 0.15) is 10.4 Å². The van der Waals surface area contributed by atoms with Crippen molar-refractivity contribution in [2.24, 2.45) is 0 Å². The lowest BCUT2D eigenvalue weighted by atomic mass is 10.1. The van der Waals surface area contributed by atoms with Crippen molar-refractivity contribution in [3.63, 3.8) is 0 Å². The van der Waals surface area contributed by atoms with Gasteiger partial charge in [0, 0.05) is 22.2 Å². The summed E-state index contributed by atoms with van der Waals surface area (Å²) in [7, 11) is 1.47. The van der Waals surface area contributed by atoms with Crippen LogP contribution in [-0.4, -0.2) is 18.1 Å². The third kappa shape index (κ3) is 3.35. The number of aromatic hydroxyl groups is 1. The lowest BCUT2D eigenvalue weighted by Gasteiger charge is -2.08. The fourth-order valence-corrected chi connectivity index (χ4v) is 2.93. The molecular formula is C18H15NO3S. The lowest BCUT2D eigenvalue weighted by Crippen LogP contribution is -2.11. The highest BCUT2D eigenvalue weighted by Crippen LogP contribution is 2.29. The minimum atomic E-state index is -0.229. The van der Waals surface area contributed by atoms with Crippen LogP contribution in [0.3, 0.4) is 0 Å². The van der Waals surface area contributed by atoms with Gasteiger partial charge in [-0.1, -0.05) is 18.2 Å². The number of rotatable bonds is 4. The van der Waals surface area contributed by atoms with Crippen LogP contribution >= 0.6 is 11.3 Å². The smallest absolute Gasteiger partial charge is 0.255 e. The number of nitrogens with one attached hydrogen (secondary N) is 1. The molecule has 0 aliphatic carbocycles. The van der Waals surface area contributed by atoms with Gasteiger partial charge in [0.15, 0.2) is 11.5 Å². The first kappa shape index (κ1) is 15.1. The van der Waals surface area contributed by atoms with Gasteiger partial charge in [0.05, 0.1) is 7.11 Å². The van der Waals surface area contributed by atoms with Crippen LogP contribution < -0.4 is 10.1 Å². The molecule has 0 fully saturated rings. The average Bonchev–Trinajstić information content (AvgIpc) is 3.09. The van der Waals surface area contributed by atoms with E-state index in [0.717, 1.165) is 10.4 Å². The summed E-state index contributed by atoms with van der Waals surface area (Å²) in [4.78, 5) is 13.4. The number of hydrogen-bond acceptors (Lipinski definition) is 4. The van der Waals surface area contributed by atoms with Gasteiger partial charge >= 0.3 is 0 Å². The van der Waals surface area contributed by atoms with Crippen molar-refractivity contribution in [2.75, 3.05) is 12.4 Å². The number of phenols is 1. The van der Waals surface area contributed by atoms with Crippen LogP contribution in [-0.2, 0) is 0 Å². The molecule has 0 atom stereocenters. The third-order valence-corrected chi connectivity index (χ3v) is 4.31. The van der Waals surface area contributed by atoms with Crippen molar-refractivity contribution < 1.29 is 14.6 Å². The summed E-state index contributed by atoms with van der Waals surface area (Å²) in [6.07, 6.45) is 0. The monoisotopic (exact) mass is 325 g/mol. The van der Waals surface area contributed by atoms with Crippen molar-refractivity contribution in [1.29, 1.82) is 0 Å². The van der Waals surface area contributed by atoms with Crippen LogP contribution in [0.4, 0.5) is 5.69 Å². The molecule has 1 aromatic heterocycles. The summed E-state index contributed by atoms with van der Waals surface area (Å²) in [5.41, 5.74) is 2.15. The number of phenolic OH excluding ortho intramolecular Hbond substituents is 1. The van der Waals surface area contributed by atoms with Gasteiger partial charge in [0.25, 0.3) is 5.91 Å². The summed E-state index contributed by atoms with van der Waals surface area (Å²) in [5, 5.41) is 14.5. The van der Waals surface area contributed by atoms with Gasteiger partial charge in [-0.05, 0) is 41.3 Å². The molecule has 0 saturated heterocycles. The Morgan fingerprint density at radius 2 is 1.91 bits per heavy atom. The van der Waals surface area contributed by atoms with Crippen LogP contribution in [0.15, 0.2) is 60.0 Å². The van der Waals surface area contributed by atoms with Crippen molar-refractivity contribution in [1.82, 2.24) is 0 Å². The van der Waals surface area contributed by atoms with E-state index in [1.165, 1.54) is 13.2 Å². The lowest BCUT2D eigenvalue weighted by molar-refractivity contribution is 0.102. The van der Waals surface area contributed by atoms with Crippen molar-refractivity contribution in [3.8, 4) is 21.9 Å². The van der Waals surface area contributed by atoms with E-state index in [1.54, 1.807) is 35.6 Å². The molecule has 0 saturated carbocycles. The number of benzene rings is 2. The van der Waals surface area contributed by atoms with E-state index in [1.807, 2.05) is 29.6 Å². The predicted molar refractivity (Wildman–Crippen MR) is 92.4 cm³/mol. The zero-order chi connectivity index (χ0) is 16.2. The first-order valence-corrected chi connectivity index (χ1v) is 7.87. The summed E-state index contributed by atoms with van der Waals surface area (Å²) >= 11 is 1.66. The molecule has 0 radical (unpaired) electrons. The SMILES string of the molecule is COc1ccc(NC(=O)c2ccc(-c3cccs3)cc2)cc1O. The quantitative estimate of drug-likeness (QED) is 0.748. The van der Waals surface area contributed by atoms with Gasteiger partial charge < -0.3 is 15.2 Å². The normalized spacial score (nSPS) is 10.3. The Balaban J connectivity index is 1.74. The molecule has 116 valence electrons. The Hall–Kier alpha value is -2.79. The maximum absolute atomic E-state index is 12.3. The highest BCUT2D eigenvalue weighted by Gasteiger charge is 2.09. The number of hydrogen-bond donors (Lipinski definition) is 2. The summed E-state index contributed by atoms with van der Waals surface area (Å²) in [6, 6.07) is 16.2. The van der Waals surface area contributed by atoms with Crippen LogP contribution in [0.5, 0.6) is 11.5 Å². The Bertz CT molecular complexity index is 811. The minimum absolute atomic E-state index is 0.0154. The summed E-state index contributed by atoms with van der Waals surface area (Å²) in [6.45, 7) is 0. The fraction of sp³-hybridized carbons (Fsp3) is 0.0556. The molecule has 4 nitrogen and oxygen atoms in total. The zero-order valence-electron chi connectivity index (χ0n) is 12.4. The van der Waals surface area contributed by atoms with Crippen LogP contribution in [0, 0.1) is 0 Å². The number of anilines is 1. The number of carbonyl (C=O) groups excluding carboxylic acids is 1. The van der Waals surface area contributed by atoms with E-state index in [9.17, 15) is 9.90 Å². The van der Waals surface area contributed by atoms with E-state index >= 15 is 0 Å². The summed E-state index contributed by atoms with van der Waals surface area (Å²) < 4.78 is 4.98. The second-order valence-electron chi connectivity index (χ2n) is 4.90. The molecule has 3 rings (SSSR count). The van der Waals surface area contributed by atoms with Gasteiger partial charge in [-0.15, -0.1) is 11.3 Å². The molecule has 5 heteroatoms. The first-order valence-electron chi connectivity index (χ1n) is 6.99. The minimum Gasteiger partial charge on any atom is -0.504 e. The molecule has 0 spiro atoms. The maximum Gasteiger partial charge on any atom is 0.255 e. The Morgan fingerprint density at radius 1 is 1.13 bits per heavy atom. The third-order valence-electron chi connectivity index (χ3n) is 3.39. The molecule has 0 aliphatic rings. The van der Waals surface area contributed by atoms with Crippen LogP contribution in [0.2, 0.25) is 0 Å². The van der Waals surface area contributed by atoms with Crippen LogP contribution in [0.25, 0.3) is 10.4 Å². The van der Waals surface area contributed by atoms with Crippen molar-refractivity contribution >= 4 is 22.9 Å². The van der Waals surface area contributed by atoms with E-state index in [2.05, 4.69) is 5.32 Å². The summed E-state index contributed by atoms with van der Waals surface area (Å²) in [5.74, 6) is 0.119. The second-order valence-corrected chi connectivity index (χ2v) is 5.84. The van der Waals surface area contributed by atoms with E-state index in [4.69, 9.17) is 4.74 Å². The van der Waals surface area contributed by atoms with E-state index < -0.39 is 0 Å². The van der Waals surface area contributed by atoms with E-state index in [0.29, 0.717) is 17.0 Å². The fourth-order valence-electron chi connectivity index (χ4n) is 2.20. The van der Waals surface area contributed by atoms with E-state index in [-0.39, 0.29) is 11.7 Å². The Morgan fingerprint density at radius 3 is 2.52 bits per heavy atom. The second kappa shape index (κ2) is 6.54. The number of carbonyl (C=O) groups is 1. The molecule has 0 bridgehead atoms. The molecule has 1 heterocycles. The zero-order valence-corrected chi connectivity index (χ0v) is 13.3. The van der Waals surface area contributed by atoms with Gasteiger partial charge in [-0.3, -0.25) is 4.79 Å². The molecule has 2 N–H and O–H groups in total. The number of thiophene rings is 1. The molecule has 1 amide bonds. The largest absolute Gasteiger partial charge is 0.504 e. The van der Waals surface area contributed by atoms with Crippen molar-refractivity contribution in [3.05, 3.63) is 65.5 Å². The predicted octanol–water partition coefficient (Wildman–Crippen LogP) is 4.38. The molecule has 23 heavy (non-hydrogen) atoms. The topological polar surface area (TPSA) is 58.6 Å². The number of ether oxygens (including phenoxy) is 1. The van der Waals surface area contributed by atoms with Gasteiger partial charge in [0.2, 0.25) is 0 Å². The highest BCUT2D eigenvalue weighted by atomic mass is 32.1. The standard InChI is InChI=1S/C18H15NO3S/c1-22-16-9-8-14(11-15(16)20)19-18(21)13-6-4-12(5-7-13)17-3-2-10-23-17/h2-11,20H,1H3,(H,19,21). The van der Waals surface area contributed by atoms with Gasteiger partial charge in [-0.2, -0.15) is 0 Å². The number of amides is 1. The molecule has 0 aliphatic heterocycles. The van der Waals surface area contributed by atoms with Crippen molar-refractivity contribution in [2.45, 2.75) is 0 Å². The Kier molecular flexibility index (Phi) is 4.30. The molecule has 2 aromatic carbocycles.